The van der Waals surface area contributed by atoms with Gasteiger partial charge in [0.1, 0.15) is 5.82 Å². The molecule has 0 bridgehead atoms. The molecule has 1 aliphatic rings. The first-order valence-corrected chi connectivity index (χ1v) is 7.59. The molecule has 0 radical (unpaired) electrons. The summed E-state index contributed by atoms with van der Waals surface area (Å²) in [6, 6.07) is 5.05. The van der Waals surface area contributed by atoms with Gasteiger partial charge in [0, 0.05) is 0 Å². The molecule has 1 saturated carbocycles. The average Bonchev–Trinajstić information content (AvgIpc) is 3.18. The minimum absolute atomic E-state index is 0.139. The van der Waals surface area contributed by atoms with E-state index in [0.29, 0.717) is 11.2 Å². The number of tetrazole rings is 1. The Morgan fingerprint density at radius 3 is 3.05 bits per heavy atom. The molecule has 6 nitrogen and oxygen atoms in total. The van der Waals surface area contributed by atoms with Crippen LogP contribution in [0.2, 0.25) is 0 Å². The van der Waals surface area contributed by atoms with Crippen molar-refractivity contribution < 1.29 is 9.18 Å². The van der Waals surface area contributed by atoms with E-state index in [9.17, 15) is 9.18 Å². The maximum atomic E-state index is 13.6. The number of hydrogen-bond acceptors (Lipinski definition) is 5. The second kappa shape index (κ2) is 5.80. The van der Waals surface area contributed by atoms with Crippen LogP contribution in [0.3, 0.4) is 0 Å². The van der Waals surface area contributed by atoms with Gasteiger partial charge in [0.2, 0.25) is 11.1 Å². The summed E-state index contributed by atoms with van der Waals surface area (Å²) < 4.78 is 15.4. The van der Waals surface area contributed by atoms with Crippen LogP contribution < -0.4 is 5.32 Å². The standard InChI is InChI=1S/C13H14FN5OS/c1-8-2-5-11(10(14)6-8)15-12(20)7-21-13-16-17-18-19(13)9-3-4-9/h2,5-6,9H,3-4,7H2,1H3,(H,15,20). The Morgan fingerprint density at radius 1 is 1.52 bits per heavy atom. The zero-order chi connectivity index (χ0) is 14.8. The van der Waals surface area contributed by atoms with E-state index in [1.165, 1.54) is 17.8 Å². The molecule has 1 aromatic carbocycles. The van der Waals surface area contributed by atoms with Gasteiger partial charge in [0.25, 0.3) is 0 Å². The molecule has 0 unspecified atom stereocenters. The van der Waals surface area contributed by atoms with E-state index in [0.717, 1.165) is 18.4 Å². The fourth-order valence-corrected chi connectivity index (χ4v) is 2.61. The summed E-state index contributed by atoms with van der Waals surface area (Å²) in [5.74, 6) is -0.579. The molecule has 0 aliphatic heterocycles. The summed E-state index contributed by atoms with van der Waals surface area (Å²) in [6.45, 7) is 1.79. The number of benzene rings is 1. The SMILES string of the molecule is Cc1ccc(NC(=O)CSc2nnnn2C2CC2)c(F)c1. The number of halogens is 1. The highest BCUT2D eigenvalue weighted by Gasteiger charge is 2.28. The molecule has 3 rings (SSSR count). The minimum Gasteiger partial charge on any atom is -0.323 e. The van der Waals surface area contributed by atoms with Crippen molar-refractivity contribution in [1.82, 2.24) is 20.2 Å². The van der Waals surface area contributed by atoms with Crippen LogP contribution in [0.5, 0.6) is 0 Å². The normalized spacial score (nSPS) is 14.2. The fourth-order valence-electron chi connectivity index (χ4n) is 1.87. The van der Waals surface area contributed by atoms with Gasteiger partial charge in [-0.15, -0.1) is 5.10 Å². The third-order valence-electron chi connectivity index (χ3n) is 3.09. The summed E-state index contributed by atoms with van der Waals surface area (Å²) >= 11 is 1.25. The Kier molecular flexibility index (Phi) is 3.87. The van der Waals surface area contributed by atoms with Gasteiger partial charge in [-0.25, -0.2) is 9.07 Å². The average molecular weight is 307 g/mol. The van der Waals surface area contributed by atoms with Crippen LogP contribution >= 0.6 is 11.8 Å². The number of amides is 1. The van der Waals surface area contributed by atoms with Crippen molar-refractivity contribution in [2.24, 2.45) is 0 Å². The van der Waals surface area contributed by atoms with Crippen LogP contribution in [0.4, 0.5) is 10.1 Å². The number of aryl methyl sites for hydroxylation is 1. The molecule has 21 heavy (non-hydrogen) atoms. The molecule has 1 N–H and O–H groups in total. The minimum atomic E-state index is -0.434. The summed E-state index contributed by atoms with van der Waals surface area (Å²) in [5.41, 5.74) is 0.997. The molecule has 1 heterocycles. The zero-order valence-electron chi connectivity index (χ0n) is 11.4. The molecular weight excluding hydrogens is 293 g/mol. The number of hydrogen-bond donors (Lipinski definition) is 1. The predicted octanol–water partition coefficient (Wildman–Crippen LogP) is 2.19. The van der Waals surface area contributed by atoms with Gasteiger partial charge < -0.3 is 5.32 Å². The molecule has 110 valence electrons. The number of nitrogens with zero attached hydrogens (tertiary/aromatic N) is 4. The maximum Gasteiger partial charge on any atom is 0.234 e. The van der Waals surface area contributed by atoms with Gasteiger partial charge in [-0.2, -0.15) is 0 Å². The number of carbonyl (C=O) groups excluding carboxylic acids is 1. The van der Waals surface area contributed by atoms with E-state index in [4.69, 9.17) is 0 Å². The smallest absolute Gasteiger partial charge is 0.234 e. The zero-order valence-corrected chi connectivity index (χ0v) is 12.2. The second-order valence-corrected chi connectivity index (χ2v) is 5.90. The van der Waals surface area contributed by atoms with Crippen molar-refractivity contribution in [3.63, 3.8) is 0 Å². The molecule has 1 aromatic heterocycles. The van der Waals surface area contributed by atoms with Crippen LogP contribution in [0.25, 0.3) is 0 Å². The summed E-state index contributed by atoms with van der Waals surface area (Å²) in [5, 5.41) is 14.6. The van der Waals surface area contributed by atoms with Crippen LogP contribution in [-0.4, -0.2) is 31.9 Å². The lowest BCUT2D eigenvalue weighted by atomic mass is 10.2. The van der Waals surface area contributed by atoms with Gasteiger partial charge in [-0.1, -0.05) is 17.8 Å². The number of thioether (sulfide) groups is 1. The van der Waals surface area contributed by atoms with Crippen molar-refractivity contribution in [1.29, 1.82) is 0 Å². The molecule has 8 heteroatoms. The third-order valence-corrected chi connectivity index (χ3v) is 4.02. The van der Waals surface area contributed by atoms with Gasteiger partial charge in [-0.05, 0) is 47.9 Å². The lowest BCUT2D eigenvalue weighted by Crippen LogP contribution is -2.15. The molecule has 2 aromatic rings. The first-order valence-electron chi connectivity index (χ1n) is 6.60. The number of rotatable bonds is 5. The Morgan fingerprint density at radius 2 is 2.33 bits per heavy atom. The van der Waals surface area contributed by atoms with Gasteiger partial charge >= 0.3 is 0 Å². The van der Waals surface area contributed by atoms with E-state index >= 15 is 0 Å². The number of aromatic nitrogens is 4. The van der Waals surface area contributed by atoms with E-state index in [1.807, 2.05) is 0 Å². The van der Waals surface area contributed by atoms with Crippen molar-refractivity contribution >= 4 is 23.4 Å². The number of carbonyl (C=O) groups is 1. The molecule has 1 amide bonds. The maximum absolute atomic E-state index is 13.6. The summed E-state index contributed by atoms with van der Waals surface area (Å²) in [6.07, 6.45) is 2.14. The van der Waals surface area contributed by atoms with Crippen LogP contribution in [0.15, 0.2) is 23.4 Å². The molecule has 0 atom stereocenters. The van der Waals surface area contributed by atoms with Gasteiger partial charge in [0.15, 0.2) is 0 Å². The van der Waals surface area contributed by atoms with Crippen molar-refractivity contribution in [2.45, 2.75) is 31.0 Å². The van der Waals surface area contributed by atoms with Crippen LogP contribution in [-0.2, 0) is 4.79 Å². The van der Waals surface area contributed by atoms with Crippen LogP contribution in [0, 0.1) is 12.7 Å². The molecule has 0 spiro atoms. The highest BCUT2D eigenvalue weighted by Crippen LogP contribution is 2.36. The predicted molar refractivity (Wildman–Crippen MR) is 76.6 cm³/mol. The van der Waals surface area contributed by atoms with Crippen molar-refractivity contribution in [3.8, 4) is 0 Å². The third kappa shape index (κ3) is 3.38. The Labute approximate surface area is 125 Å². The Balaban J connectivity index is 1.57. The lowest BCUT2D eigenvalue weighted by Gasteiger charge is -2.07. The first kappa shape index (κ1) is 14.0. The molecule has 1 fully saturated rings. The first-order chi connectivity index (χ1) is 10.1. The highest BCUT2D eigenvalue weighted by atomic mass is 32.2. The summed E-state index contributed by atoms with van der Waals surface area (Å²) in [7, 11) is 0. The lowest BCUT2D eigenvalue weighted by molar-refractivity contribution is -0.113. The molecular formula is C13H14FN5OS. The van der Waals surface area contributed by atoms with E-state index < -0.39 is 5.82 Å². The van der Waals surface area contributed by atoms with Crippen molar-refractivity contribution in [2.75, 3.05) is 11.1 Å². The fraction of sp³-hybridized carbons (Fsp3) is 0.385. The van der Waals surface area contributed by atoms with Crippen molar-refractivity contribution in [3.05, 3.63) is 29.6 Å². The van der Waals surface area contributed by atoms with E-state index in [1.54, 1.807) is 23.7 Å². The van der Waals surface area contributed by atoms with Gasteiger partial charge in [-0.3, -0.25) is 4.79 Å². The quantitative estimate of drug-likeness (QED) is 0.857. The molecule has 0 saturated heterocycles. The highest BCUT2D eigenvalue weighted by molar-refractivity contribution is 7.99. The number of nitrogens with one attached hydrogen (secondary N) is 1. The van der Waals surface area contributed by atoms with E-state index in [-0.39, 0.29) is 17.3 Å². The molecule has 1 aliphatic carbocycles. The van der Waals surface area contributed by atoms with Crippen LogP contribution in [0.1, 0.15) is 24.4 Å². The van der Waals surface area contributed by atoms with Gasteiger partial charge in [0.05, 0.1) is 17.5 Å². The monoisotopic (exact) mass is 307 g/mol. The summed E-state index contributed by atoms with van der Waals surface area (Å²) in [4.78, 5) is 11.9. The number of anilines is 1. The Bertz CT molecular complexity index is 670. The topological polar surface area (TPSA) is 72.7 Å². The van der Waals surface area contributed by atoms with E-state index in [2.05, 4.69) is 20.8 Å². The largest absolute Gasteiger partial charge is 0.323 e. The second-order valence-electron chi connectivity index (χ2n) is 4.96. The Hall–Kier alpha value is -1.96.